The highest BCUT2D eigenvalue weighted by Gasteiger charge is 2.36. The molecule has 154 valence electrons. The van der Waals surface area contributed by atoms with Crippen LogP contribution in [0, 0.1) is 13.8 Å². The molecule has 2 heterocycles. The van der Waals surface area contributed by atoms with Crippen molar-refractivity contribution >= 4 is 22.5 Å². The maximum atomic E-state index is 13.5. The summed E-state index contributed by atoms with van der Waals surface area (Å²) in [5, 5.41) is 0.568. The Hall–Kier alpha value is -3.73. The second-order valence-corrected chi connectivity index (χ2v) is 8.24. The van der Waals surface area contributed by atoms with Gasteiger partial charge in [0, 0.05) is 19.2 Å². The molecule has 31 heavy (non-hydrogen) atoms. The van der Waals surface area contributed by atoms with E-state index in [9.17, 15) is 9.59 Å². The van der Waals surface area contributed by atoms with E-state index in [0.717, 1.165) is 28.1 Å². The highest BCUT2D eigenvalue weighted by atomic mass is 16.2. The van der Waals surface area contributed by atoms with E-state index in [1.165, 1.54) is 0 Å². The average Bonchev–Trinajstić information content (AvgIpc) is 2.98. The first-order valence-corrected chi connectivity index (χ1v) is 10.4. The van der Waals surface area contributed by atoms with Crippen molar-refractivity contribution in [1.29, 1.82) is 0 Å². The van der Waals surface area contributed by atoms with Gasteiger partial charge in [0.2, 0.25) is 5.91 Å². The molecule has 1 unspecified atom stereocenters. The summed E-state index contributed by atoms with van der Waals surface area (Å²) in [4.78, 5) is 33.2. The summed E-state index contributed by atoms with van der Waals surface area (Å²) < 4.78 is 1.66. The van der Waals surface area contributed by atoms with E-state index in [-0.39, 0.29) is 17.4 Å². The topological polar surface area (TPSA) is 55.2 Å². The Morgan fingerprint density at radius 2 is 1.68 bits per heavy atom. The second kappa shape index (κ2) is 7.20. The van der Waals surface area contributed by atoms with Crippen LogP contribution in [0.2, 0.25) is 0 Å². The predicted octanol–water partition coefficient (Wildman–Crippen LogP) is 4.31. The van der Waals surface area contributed by atoms with Gasteiger partial charge in [-0.05, 0) is 55.3 Å². The maximum absolute atomic E-state index is 13.5. The second-order valence-electron chi connectivity index (χ2n) is 8.24. The number of hydrogen-bond acceptors (Lipinski definition) is 3. The first-order valence-electron chi connectivity index (χ1n) is 10.4. The molecule has 0 radical (unpaired) electrons. The fraction of sp³-hybridized carbons (Fsp3) is 0.192. The molecule has 1 aromatic heterocycles. The molecule has 0 fully saturated rings. The highest BCUT2D eigenvalue weighted by Crippen LogP contribution is 2.38. The Balaban J connectivity index is 1.72. The highest BCUT2D eigenvalue weighted by molar-refractivity contribution is 6.04. The summed E-state index contributed by atoms with van der Waals surface area (Å²) in [6.07, 6.45) is 0.355. The molecule has 4 aromatic rings. The maximum Gasteiger partial charge on any atom is 0.265 e. The molecule has 0 saturated heterocycles. The van der Waals surface area contributed by atoms with Gasteiger partial charge in [-0.25, -0.2) is 4.98 Å². The summed E-state index contributed by atoms with van der Waals surface area (Å²) in [5.74, 6) is 0.248. The molecule has 5 rings (SSSR count). The number of amides is 1. The van der Waals surface area contributed by atoms with E-state index in [1.54, 1.807) is 22.6 Å². The molecule has 0 aliphatic carbocycles. The first-order chi connectivity index (χ1) is 14.9. The number of aromatic nitrogens is 2. The number of benzene rings is 3. The number of hydrogen-bond donors (Lipinski definition) is 0. The number of aryl methyl sites for hydroxylation is 2. The van der Waals surface area contributed by atoms with Gasteiger partial charge in [0.25, 0.3) is 5.56 Å². The Morgan fingerprint density at radius 3 is 2.48 bits per heavy atom. The van der Waals surface area contributed by atoms with Gasteiger partial charge in [0.1, 0.15) is 5.82 Å². The number of likely N-dealkylation sites (N-methyl/N-ethyl adjacent to an activating group) is 1. The molecular formula is C26H23N3O2. The molecule has 5 nitrogen and oxygen atoms in total. The zero-order valence-electron chi connectivity index (χ0n) is 17.8. The van der Waals surface area contributed by atoms with Crippen LogP contribution >= 0.6 is 0 Å². The molecule has 1 amide bonds. The summed E-state index contributed by atoms with van der Waals surface area (Å²) in [5.41, 5.74) is 5.37. The zero-order valence-corrected chi connectivity index (χ0v) is 17.8. The summed E-state index contributed by atoms with van der Waals surface area (Å²) >= 11 is 0. The lowest BCUT2D eigenvalue weighted by Gasteiger charge is -2.17. The molecule has 0 saturated carbocycles. The lowest BCUT2D eigenvalue weighted by Crippen LogP contribution is -2.29. The standard InChI is InChI=1S/C26H23N3O2/c1-16-7-6-8-18(13-16)29-24(27-22-10-5-4-9-19(22)26(29)31)15-21-20-14-17(2)11-12-23(20)28(3)25(21)30/h4-14,21H,15H2,1-3H3. The van der Waals surface area contributed by atoms with Crippen molar-refractivity contribution in [3.63, 3.8) is 0 Å². The number of anilines is 1. The molecule has 0 spiro atoms. The number of carbonyl (C=O) groups is 1. The quantitative estimate of drug-likeness (QED) is 0.507. The van der Waals surface area contributed by atoms with E-state index in [1.807, 2.05) is 68.4 Å². The van der Waals surface area contributed by atoms with Gasteiger partial charge < -0.3 is 4.90 Å². The Kier molecular flexibility index (Phi) is 4.47. The predicted molar refractivity (Wildman–Crippen MR) is 123 cm³/mol. The van der Waals surface area contributed by atoms with Crippen LogP contribution in [-0.2, 0) is 11.2 Å². The monoisotopic (exact) mass is 409 g/mol. The number of fused-ring (bicyclic) bond motifs is 2. The minimum atomic E-state index is -0.371. The lowest BCUT2D eigenvalue weighted by atomic mass is 9.95. The van der Waals surface area contributed by atoms with Gasteiger partial charge in [-0.1, -0.05) is 42.0 Å². The number of nitrogens with zero attached hydrogens (tertiary/aromatic N) is 3. The number of para-hydroxylation sites is 1. The third kappa shape index (κ3) is 3.13. The van der Waals surface area contributed by atoms with Crippen LogP contribution < -0.4 is 10.5 Å². The van der Waals surface area contributed by atoms with Crippen LogP contribution in [-0.4, -0.2) is 22.5 Å². The smallest absolute Gasteiger partial charge is 0.265 e. The molecule has 1 aliphatic rings. The van der Waals surface area contributed by atoms with Crippen molar-refractivity contribution in [2.24, 2.45) is 0 Å². The van der Waals surface area contributed by atoms with Gasteiger partial charge in [0.15, 0.2) is 0 Å². The van der Waals surface area contributed by atoms with E-state index < -0.39 is 0 Å². The van der Waals surface area contributed by atoms with Gasteiger partial charge in [-0.3, -0.25) is 14.2 Å². The minimum Gasteiger partial charge on any atom is -0.315 e. The third-order valence-corrected chi connectivity index (χ3v) is 6.04. The van der Waals surface area contributed by atoms with E-state index >= 15 is 0 Å². The van der Waals surface area contributed by atoms with Gasteiger partial charge in [0.05, 0.1) is 22.5 Å². The zero-order chi connectivity index (χ0) is 21.7. The van der Waals surface area contributed by atoms with Crippen molar-refractivity contribution in [2.75, 3.05) is 11.9 Å². The van der Waals surface area contributed by atoms with E-state index in [4.69, 9.17) is 4.98 Å². The molecule has 1 aliphatic heterocycles. The third-order valence-electron chi connectivity index (χ3n) is 6.04. The van der Waals surface area contributed by atoms with Gasteiger partial charge in [-0.15, -0.1) is 0 Å². The molecule has 3 aromatic carbocycles. The molecular weight excluding hydrogens is 386 g/mol. The number of carbonyl (C=O) groups excluding carboxylic acids is 1. The van der Waals surface area contributed by atoms with Crippen LogP contribution in [0.4, 0.5) is 5.69 Å². The van der Waals surface area contributed by atoms with Crippen molar-refractivity contribution in [3.8, 4) is 5.69 Å². The largest absolute Gasteiger partial charge is 0.315 e. The van der Waals surface area contributed by atoms with Gasteiger partial charge >= 0.3 is 0 Å². The van der Waals surface area contributed by atoms with Crippen molar-refractivity contribution in [2.45, 2.75) is 26.2 Å². The van der Waals surface area contributed by atoms with Gasteiger partial charge in [-0.2, -0.15) is 0 Å². The van der Waals surface area contributed by atoms with Crippen LogP contribution in [0.15, 0.2) is 71.5 Å². The van der Waals surface area contributed by atoms with Crippen molar-refractivity contribution < 1.29 is 4.79 Å². The fourth-order valence-electron chi connectivity index (χ4n) is 4.47. The van der Waals surface area contributed by atoms with Crippen LogP contribution in [0.5, 0.6) is 0 Å². The minimum absolute atomic E-state index is 0.0267. The average molecular weight is 409 g/mol. The van der Waals surface area contributed by atoms with Crippen molar-refractivity contribution in [1.82, 2.24) is 9.55 Å². The van der Waals surface area contributed by atoms with E-state index in [0.29, 0.717) is 23.1 Å². The Labute approximate surface area is 180 Å². The Morgan fingerprint density at radius 1 is 0.903 bits per heavy atom. The molecule has 0 bridgehead atoms. The molecule has 1 atom stereocenters. The molecule has 5 heteroatoms. The lowest BCUT2D eigenvalue weighted by molar-refractivity contribution is -0.119. The summed E-state index contributed by atoms with van der Waals surface area (Å²) in [7, 11) is 1.80. The summed E-state index contributed by atoms with van der Waals surface area (Å²) in [6, 6.07) is 21.3. The fourth-order valence-corrected chi connectivity index (χ4v) is 4.47. The first kappa shape index (κ1) is 19.2. The van der Waals surface area contributed by atoms with Crippen molar-refractivity contribution in [3.05, 3.63) is 99.6 Å². The van der Waals surface area contributed by atoms with Crippen LogP contribution in [0.1, 0.15) is 28.4 Å². The molecule has 0 N–H and O–H groups in total. The SMILES string of the molecule is Cc1cccc(-n2c(CC3C(=O)N(C)c4ccc(C)cc43)nc3ccccc3c2=O)c1. The van der Waals surface area contributed by atoms with E-state index in [2.05, 4.69) is 6.07 Å². The summed E-state index contributed by atoms with van der Waals surface area (Å²) in [6.45, 7) is 4.02. The number of rotatable bonds is 3. The van der Waals surface area contributed by atoms with Crippen LogP contribution in [0.3, 0.4) is 0 Å². The normalized spacial score (nSPS) is 15.5. The van der Waals surface area contributed by atoms with Crippen LogP contribution in [0.25, 0.3) is 16.6 Å². The Bertz CT molecular complexity index is 1400.